The maximum absolute atomic E-state index is 13.0. The lowest BCUT2D eigenvalue weighted by molar-refractivity contribution is 0.102. The number of hydrogen-bond acceptors (Lipinski definition) is 4. The molecule has 0 aliphatic rings. The van der Waals surface area contributed by atoms with Crippen LogP contribution in [-0.2, 0) is 0 Å². The lowest BCUT2D eigenvalue weighted by atomic mass is 10.2. The number of rotatable bonds is 6. The highest BCUT2D eigenvalue weighted by atomic mass is 16.5. The number of benzene rings is 2. The third-order valence-electron chi connectivity index (χ3n) is 4.66. The lowest BCUT2D eigenvalue weighted by Crippen LogP contribution is -2.14. The number of nitrogens with one attached hydrogen (secondary N) is 1. The van der Waals surface area contributed by atoms with Crippen LogP contribution in [0.4, 0.5) is 5.69 Å². The van der Waals surface area contributed by atoms with Crippen LogP contribution in [0.5, 0.6) is 17.2 Å². The van der Waals surface area contributed by atoms with Gasteiger partial charge in [0.05, 0.1) is 32.6 Å². The summed E-state index contributed by atoms with van der Waals surface area (Å²) in [6.07, 6.45) is 0. The lowest BCUT2D eigenvalue weighted by Gasteiger charge is -2.13. The Balaban J connectivity index is 1.93. The second-order valence-electron chi connectivity index (χ2n) is 6.34. The van der Waals surface area contributed by atoms with Gasteiger partial charge in [-0.1, -0.05) is 0 Å². The van der Waals surface area contributed by atoms with Gasteiger partial charge >= 0.3 is 0 Å². The summed E-state index contributed by atoms with van der Waals surface area (Å²) in [7, 11) is 4.78. The molecule has 1 heterocycles. The molecular formula is C22H24N2O4. The fourth-order valence-electron chi connectivity index (χ4n) is 3.22. The summed E-state index contributed by atoms with van der Waals surface area (Å²) in [6, 6.07) is 14.9. The number of aromatic nitrogens is 1. The van der Waals surface area contributed by atoms with Crippen LogP contribution in [0.25, 0.3) is 5.69 Å². The summed E-state index contributed by atoms with van der Waals surface area (Å²) in [6.45, 7) is 3.90. The molecule has 0 radical (unpaired) electrons. The first kappa shape index (κ1) is 19.4. The molecule has 28 heavy (non-hydrogen) atoms. The molecule has 146 valence electrons. The predicted octanol–water partition coefficient (Wildman–Crippen LogP) is 4.37. The van der Waals surface area contributed by atoms with E-state index in [0.717, 1.165) is 22.8 Å². The number of methoxy groups -OCH3 is 3. The zero-order valence-electron chi connectivity index (χ0n) is 16.7. The van der Waals surface area contributed by atoms with Crippen molar-refractivity contribution in [3.8, 4) is 22.9 Å². The fraction of sp³-hybridized carbons (Fsp3) is 0.227. The third kappa shape index (κ3) is 3.67. The van der Waals surface area contributed by atoms with Crippen LogP contribution in [0, 0.1) is 13.8 Å². The van der Waals surface area contributed by atoms with Crippen molar-refractivity contribution in [1.29, 1.82) is 0 Å². The van der Waals surface area contributed by atoms with E-state index in [-0.39, 0.29) is 5.91 Å². The van der Waals surface area contributed by atoms with E-state index >= 15 is 0 Å². The fourth-order valence-corrected chi connectivity index (χ4v) is 3.22. The topological polar surface area (TPSA) is 61.7 Å². The van der Waals surface area contributed by atoms with Gasteiger partial charge in [0.2, 0.25) is 0 Å². The van der Waals surface area contributed by atoms with E-state index in [4.69, 9.17) is 14.2 Å². The van der Waals surface area contributed by atoms with Crippen LogP contribution in [0.15, 0.2) is 48.5 Å². The largest absolute Gasteiger partial charge is 0.497 e. The van der Waals surface area contributed by atoms with Gasteiger partial charge in [-0.3, -0.25) is 4.79 Å². The van der Waals surface area contributed by atoms with E-state index in [0.29, 0.717) is 22.7 Å². The van der Waals surface area contributed by atoms with Gasteiger partial charge in [-0.15, -0.1) is 0 Å². The summed E-state index contributed by atoms with van der Waals surface area (Å²) >= 11 is 0. The molecule has 3 rings (SSSR count). The van der Waals surface area contributed by atoms with Gasteiger partial charge in [0.1, 0.15) is 17.2 Å². The highest BCUT2D eigenvalue weighted by Crippen LogP contribution is 2.30. The maximum atomic E-state index is 13.0. The minimum absolute atomic E-state index is 0.209. The van der Waals surface area contributed by atoms with Gasteiger partial charge in [-0.05, 0) is 56.3 Å². The molecule has 0 fully saturated rings. The summed E-state index contributed by atoms with van der Waals surface area (Å²) in [5.74, 6) is 1.78. The van der Waals surface area contributed by atoms with Crippen molar-refractivity contribution < 1.29 is 19.0 Å². The van der Waals surface area contributed by atoms with Gasteiger partial charge in [-0.25, -0.2) is 0 Å². The Morgan fingerprint density at radius 3 is 2.11 bits per heavy atom. The van der Waals surface area contributed by atoms with Gasteiger partial charge < -0.3 is 24.1 Å². The molecule has 0 saturated heterocycles. The van der Waals surface area contributed by atoms with Crippen molar-refractivity contribution in [2.24, 2.45) is 0 Å². The second-order valence-corrected chi connectivity index (χ2v) is 6.34. The molecule has 1 amide bonds. The van der Waals surface area contributed by atoms with Crippen molar-refractivity contribution in [3.63, 3.8) is 0 Å². The monoisotopic (exact) mass is 380 g/mol. The molecule has 2 aromatic carbocycles. The van der Waals surface area contributed by atoms with Crippen LogP contribution in [0.1, 0.15) is 21.7 Å². The minimum Gasteiger partial charge on any atom is -0.497 e. The molecule has 0 bridgehead atoms. The summed E-state index contributed by atoms with van der Waals surface area (Å²) in [4.78, 5) is 13.0. The normalized spacial score (nSPS) is 10.5. The summed E-state index contributed by atoms with van der Waals surface area (Å²) in [5.41, 5.74) is 3.93. The molecular weight excluding hydrogens is 356 g/mol. The molecule has 0 saturated carbocycles. The number of carbonyl (C=O) groups is 1. The molecule has 0 spiro atoms. The Kier molecular flexibility index (Phi) is 5.59. The molecule has 0 aliphatic heterocycles. The summed E-state index contributed by atoms with van der Waals surface area (Å²) < 4.78 is 17.8. The number of ether oxygens (including phenoxy) is 3. The maximum Gasteiger partial charge on any atom is 0.257 e. The third-order valence-corrected chi connectivity index (χ3v) is 4.66. The zero-order chi connectivity index (χ0) is 20.3. The highest BCUT2D eigenvalue weighted by molar-refractivity contribution is 6.06. The molecule has 3 aromatic rings. The first-order valence-corrected chi connectivity index (χ1v) is 8.85. The van der Waals surface area contributed by atoms with Crippen molar-refractivity contribution in [2.45, 2.75) is 13.8 Å². The van der Waals surface area contributed by atoms with Crippen LogP contribution < -0.4 is 19.5 Å². The average molecular weight is 380 g/mol. The van der Waals surface area contributed by atoms with E-state index in [9.17, 15) is 4.79 Å². The minimum atomic E-state index is -0.209. The number of hydrogen-bond donors (Lipinski definition) is 1. The SMILES string of the molecule is COc1ccc(-n2c(C)cc(C(=O)Nc3cc(OC)ccc3OC)c2C)cc1. The Morgan fingerprint density at radius 2 is 1.50 bits per heavy atom. The average Bonchev–Trinajstić information content (AvgIpc) is 3.02. The van der Waals surface area contributed by atoms with Gasteiger partial charge in [0, 0.05) is 23.1 Å². The number of anilines is 1. The zero-order valence-corrected chi connectivity index (χ0v) is 16.7. The van der Waals surface area contributed by atoms with Gasteiger partial charge in [0.25, 0.3) is 5.91 Å². The Morgan fingerprint density at radius 1 is 0.857 bits per heavy atom. The van der Waals surface area contributed by atoms with Crippen LogP contribution in [-0.4, -0.2) is 31.8 Å². The predicted molar refractivity (Wildman–Crippen MR) is 109 cm³/mol. The van der Waals surface area contributed by atoms with Crippen LogP contribution >= 0.6 is 0 Å². The van der Waals surface area contributed by atoms with Crippen molar-refractivity contribution in [1.82, 2.24) is 4.57 Å². The first-order valence-electron chi connectivity index (χ1n) is 8.85. The van der Waals surface area contributed by atoms with Crippen LogP contribution in [0.3, 0.4) is 0 Å². The molecule has 6 nitrogen and oxygen atoms in total. The van der Waals surface area contributed by atoms with Crippen LogP contribution in [0.2, 0.25) is 0 Å². The molecule has 0 unspecified atom stereocenters. The van der Waals surface area contributed by atoms with Gasteiger partial charge in [0.15, 0.2) is 0 Å². The molecule has 6 heteroatoms. The number of amides is 1. The van der Waals surface area contributed by atoms with E-state index < -0.39 is 0 Å². The summed E-state index contributed by atoms with van der Waals surface area (Å²) in [5, 5.41) is 2.93. The van der Waals surface area contributed by atoms with Crippen molar-refractivity contribution in [2.75, 3.05) is 26.6 Å². The van der Waals surface area contributed by atoms with E-state index in [1.165, 1.54) is 0 Å². The van der Waals surface area contributed by atoms with E-state index in [1.807, 2.05) is 48.7 Å². The molecule has 0 atom stereocenters. The Hall–Kier alpha value is -3.41. The second kappa shape index (κ2) is 8.08. The Labute approximate surface area is 164 Å². The first-order chi connectivity index (χ1) is 13.5. The van der Waals surface area contributed by atoms with E-state index in [1.54, 1.807) is 39.5 Å². The number of nitrogens with zero attached hydrogens (tertiary/aromatic N) is 1. The quantitative estimate of drug-likeness (QED) is 0.690. The number of carbonyl (C=O) groups excluding carboxylic acids is 1. The van der Waals surface area contributed by atoms with Crippen molar-refractivity contribution in [3.05, 3.63) is 65.5 Å². The molecule has 1 N–H and O–H groups in total. The standard InChI is InChI=1S/C22H24N2O4/c1-14-12-19(15(2)24(14)16-6-8-17(26-3)9-7-16)22(25)23-20-13-18(27-4)10-11-21(20)28-5/h6-13H,1-5H3,(H,23,25). The highest BCUT2D eigenvalue weighted by Gasteiger charge is 2.18. The van der Waals surface area contributed by atoms with E-state index in [2.05, 4.69) is 5.32 Å². The smallest absolute Gasteiger partial charge is 0.257 e. The molecule has 0 aliphatic carbocycles. The van der Waals surface area contributed by atoms with Gasteiger partial charge in [-0.2, -0.15) is 0 Å². The van der Waals surface area contributed by atoms with Crippen molar-refractivity contribution >= 4 is 11.6 Å². The Bertz CT molecular complexity index is 991. The molecule has 1 aromatic heterocycles. The number of aryl methyl sites for hydroxylation is 1.